The van der Waals surface area contributed by atoms with E-state index in [0.29, 0.717) is 23.9 Å². The molecule has 1 heterocycles. The zero-order valence-corrected chi connectivity index (χ0v) is 11.3. The second-order valence-electron chi connectivity index (χ2n) is 4.26. The monoisotopic (exact) mass is 263 g/mol. The summed E-state index contributed by atoms with van der Waals surface area (Å²) in [5, 5.41) is 9.16. The van der Waals surface area contributed by atoms with Crippen LogP contribution in [0.15, 0.2) is 12.1 Å². The Bertz CT molecular complexity index is 495. The van der Waals surface area contributed by atoms with Crippen LogP contribution in [0.3, 0.4) is 0 Å². The van der Waals surface area contributed by atoms with Crippen LogP contribution in [-0.2, 0) is 4.74 Å². The van der Waals surface area contributed by atoms with Crippen molar-refractivity contribution in [3.8, 4) is 23.3 Å². The van der Waals surface area contributed by atoms with Gasteiger partial charge >= 0.3 is 0 Å². The van der Waals surface area contributed by atoms with Crippen LogP contribution in [0.1, 0.15) is 18.1 Å². The van der Waals surface area contributed by atoms with Gasteiger partial charge in [0.25, 0.3) is 0 Å². The molecule has 0 spiro atoms. The summed E-state index contributed by atoms with van der Waals surface area (Å²) in [4.78, 5) is 0. The summed E-state index contributed by atoms with van der Waals surface area (Å²) < 4.78 is 21.6. The number of nitrogens with zero attached hydrogens (tertiary/aromatic N) is 1. The minimum absolute atomic E-state index is 0.160. The molecule has 0 aliphatic carbocycles. The number of nitriles is 1. The van der Waals surface area contributed by atoms with E-state index in [4.69, 9.17) is 24.2 Å². The molecule has 0 amide bonds. The molecule has 2 atom stereocenters. The zero-order valence-electron chi connectivity index (χ0n) is 11.3. The van der Waals surface area contributed by atoms with Crippen LogP contribution in [-0.4, -0.2) is 27.9 Å². The molecule has 102 valence electrons. The van der Waals surface area contributed by atoms with Gasteiger partial charge in [-0.1, -0.05) is 0 Å². The van der Waals surface area contributed by atoms with Crippen LogP contribution in [0.25, 0.3) is 0 Å². The third-order valence-corrected chi connectivity index (χ3v) is 3.30. The van der Waals surface area contributed by atoms with Crippen molar-refractivity contribution in [1.29, 1.82) is 5.26 Å². The first-order valence-electron chi connectivity index (χ1n) is 6.06. The lowest BCUT2D eigenvalue weighted by Gasteiger charge is -2.19. The number of ether oxygens (including phenoxy) is 4. The molecular weight excluding hydrogens is 246 g/mol. The first-order valence-corrected chi connectivity index (χ1v) is 6.06. The van der Waals surface area contributed by atoms with Crippen molar-refractivity contribution < 1.29 is 18.9 Å². The molecule has 5 heteroatoms. The maximum absolute atomic E-state index is 9.16. The fourth-order valence-electron chi connectivity index (χ4n) is 2.30. The standard InChI is InChI=1S/C14H17NO4/c1-16-11-7-13(18-3)12(17-2)6-10(11)14-9(8-15)4-5-19-14/h6-7,9,14H,4-5H2,1-3H3. The molecule has 1 aromatic carbocycles. The summed E-state index contributed by atoms with van der Waals surface area (Å²) in [6, 6.07) is 5.85. The Kier molecular flexibility index (Phi) is 4.13. The van der Waals surface area contributed by atoms with Gasteiger partial charge < -0.3 is 18.9 Å². The molecule has 2 unspecified atom stereocenters. The maximum Gasteiger partial charge on any atom is 0.164 e. The molecule has 1 aliphatic rings. The predicted molar refractivity (Wildman–Crippen MR) is 68.5 cm³/mol. The Balaban J connectivity index is 2.46. The first-order chi connectivity index (χ1) is 9.24. The van der Waals surface area contributed by atoms with Crippen molar-refractivity contribution >= 4 is 0 Å². The van der Waals surface area contributed by atoms with Crippen LogP contribution in [0.2, 0.25) is 0 Å². The van der Waals surface area contributed by atoms with Gasteiger partial charge in [-0.3, -0.25) is 0 Å². The van der Waals surface area contributed by atoms with E-state index in [-0.39, 0.29) is 12.0 Å². The molecule has 0 radical (unpaired) electrons. The molecule has 19 heavy (non-hydrogen) atoms. The van der Waals surface area contributed by atoms with E-state index in [9.17, 15) is 0 Å². The SMILES string of the molecule is COc1cc(OC)c(C2OCCC2C#N)cc1OC. The van der Waals surface area contributed by atoms with Crippen molar-refractivity contribution in [3.63, 3.8) is 0 Å². The largest absolute Gasteiger partial charge is 0.496 e. The summed E-state index contributed by atoms with van der Waals surface area (Å²) in [5.41, 5.74) is 0.823. The van der Waals surface area contributed by atoms with E-state index in [1.807, 2.05) is 6.07 Å². The Labute approximate surface area is 112 Å². The number of methoxy groups -OCH3 is 3. The Morgan fingerprint density at radius 3 is 2.32 bits per heavy atom. The van der Waals surface area contributed by atoms with Crippen molar-refractivity contribution in [2.45, 2.75) is 12.5 Å². The number of rotatable bonds is 4. The summed E-state index contributed by atoms with van der Waals surface area (Å²) >= 11 is 0. The summed E-state index contributed by atoms with van der Waals surface area (Å²) in [6.45, 7) is 0.584. The van der Waals surface area contributed by atoms with Crippen LogP contribution < -0.4 is 14.2 Å². The smallest absolute Gasteiger partial charge is 0.164 e. The average Bonchev–Trinajstić information content (AvgIpc) is 2.93. The summed E-state index contributed by atoms with van der Waals surface area (Å²) in [5.74, 6) is 1.68. The van der Waals surface area contributed by atoms with Gasteiger partial charge in [-0.25, -0.2) is 0 Å². The lowest BCUT2D eigenvalue weighted by Crippen LogP contribution is -2.08. The van der Waals surface area contributed by atoms with Crippen molar-refractivity contribution in [1.82, 2.24) is 0 Å². The topological polar surface area (TPSA) is 60.7 Å². The number of hydrogen-bond acceptors (Lipinski definition) is 5. The highest BCUT2D eigenvalue weighted by molar-refractivity contribution is 5.52. The van der Waals surface area contributed by atoms with E-state index >= 15 is 0 Å². The van der Waals surface area contributed by atoms with Gasteiger partial charge in [0, 0.05) is 18.2 Å². The molecule has 0 aromatic heterocycles. The number of hydrogen-bond donors (Lipinski definition) is 0. The lowest BCUT2D eigenvalue weighted by molar-refractivity contribution is 0.0980. The third-order valence-electron chi connectivity index (χ3n) is 3.30. The maximum atomic E-state index is 9.16. The molecule has 1 fully saturated rings. The van der Waals surface area contributed by atoms with Crippen LogP contribution in [0.4, 0.5) is 0 Å². The fourth-order valence-corrected chi connectivity index (χ4v) is 2.30. The van der Waals surface area contributed by atoms with Gasteiger partial charge in [-0.05, 0) is 12.5 Å². The van der Waals surface area contributed by atoms with E-state index in [1.54, 1.807) is 27.4 Å². The van der Waals surface area contributed by atoms with E-state index in [0.717, 1.165) is 12.0 Å². The zero-order chi connectivity index (χ0) is 13.8. The molecule has 2 rings (SSSR count). The predicted octanol–water partition coefficient (Wildman–Crippen LogP) is 2.31. The van der Waals surface area contributed by atoms with Crippen molar-refractivity contribution in [3.05, 3.63) is 17.7 Å². The molecule has 1 saturated heterocycles. The van der Waals surface area contributed by atoms with Crippen LogP contribution >= 0.6 is 0 Å². The van der Waals surface area contributed by atoms with Gasteiger partial charge in [0.15, 0.2) is 11.5 Å². The van der Waals surface area contributed by atoms with E-state index < -0.39 is 0 Å². The molecule has 1 aliphatic heterocycles. The van der Waals surface area contributed by atoms with Crippen molar-refractivity contribution in [2.24, 2.45) is 5.92 Å². The Morgan fingerprint density at radius 1 is 1.11 bits per heavy atom. The van der Waals surface area contributed by atoms with E-state index in [1.165, 1.54) is 0 Å². The first kappa shape index (κ1) is 13.5. The molecule has 5 nitrogen and oxygen atoms in total. The van der Waals surface area contributed by atoms with Gasteiger partial charge in [-0.2, -0.15) is 5.26 Å². The van der Waals surface area contributed by atoms with Gasteiger partial charge in [0.1, 0.15) is 11.9 Å². The summed E-state index contributed by atoms with van der Waals surface area (Å²) in [6.07, 6.45) is 0.457. The summed E-state index contributed by atoms with van der Waals surface area (Å²) in [7, 11) is 4.73. The molecule has 0 saturated carbocycles. The third kappa shape index (κ3) is 2.45. The van der Waals surface area contributed by atoms with Gasteiger partial charge in [0.2, 0.25) is 0 Å². The molecule has 0 N–H and O–H groups in total. The second-order valence-corrected chi connectivity index (χ2v) is 4.26. The average molecular weight is 263 g/mol. The fraction of sp³-hybridized carbons (Fsp3) is 0.500. The minimum atomic E-state index is -0.278. The Hall–Kier alpha value is -1.93. The highest BCUT2D eigenvalue weighted by Crippen LogP contribution is 2.43. The minimum Gasteiger partial charge on any atom is -0.496 e. The molecular formula is C14H17NO4. The number of benzene rings is 1. The highest BCUT2D eigenvalue weighted by Gasteiger charge is 2.32. The highest BCUT2D eigenvalue weighted by atomic mass is 16.5. The Morgan fingerprint density at radius 2 is 1.74 bits per heavy atom. The molecule has 1 aromatic rings. The van der Waals surface area contributed by atoms with Gasteiger partial charge in [-0.15, -0.1) is 0 Å². The lowest BCUT2D eigenvalue weighted by atomic mass is 9.95. The second kappa shape index (κ2) is 5.81. The van der Waals surface area contributed by atoms with Crippen LogP contribution in [0.5, 0.6) is 17.2 Å². The van der Waals surface area contributed by atoms with E-state index in [2.05, 4.69) is 6.07 Å². The quantitative estimate of drug-likeness (QED) is 0.834. The normalized spacial score (nSPS) is 21.8. The van der Waals surface area contributed by atoms with Crippen molar-refractivity contribution in [2.75, 3.05) is 27.9 Å². The van der Waals surface area contributed by atoms with Gasteiger partial charge in [0.05, 0.1) is 33.3 Å². The molecule has 0 bridgehead atoms. The van der Waals surface area contributed by atoms with Crippen LogP contribution in [0, 0.1) is 17.2 Å².